The molecule has 0 heterocycles. The summed E-state index contributed by atoms with van der Waals surface area (Å²) in [5.74, 6) is -0.649. The number of hydrogen-bond acceptors (Lipinski definition) is 3. The Morgan fingerprint density at radius 2 is 1.40 bits per heavy atom. The molecule has 0 aromatic heterocycles. The van der Waals surface area contributed by atoms with Crippen LogP contribution in [0.3, 0.4) is 0 Å². The Morgan fingerprint density at radius 1 is 0.760 bits per heavy atom. The van der Waals surface area contributed by atoms with Crippen LogP contribution < -0.4 is 4.74 Å². The van der Waals surface area contributed by atoms with E-state index in [4.69, 9.17) is 16.3 Å². The molecule has 0 atom stereocenters. The average molecular weight is 351 g/mol. The highest BCUT2D eigenvalue weighted by Crippen LogP contribution is 2.18. The van der Waals surface area contributed by atoms with Crippen molar-refractivity contribution in [1.29, 1.82) is 0 Å². The Labute approximate surface area is 150 Å². The van der Waals surface area contributed by atoms with Crippen molar-refractivity contribution >= 4 is 23.2 Å². The van der Waals surface area contributed by atoms with Crippen LogP contribution in [0, 0.1) is 0 Å². The number of ether oxygens (including phenoxy) is 1. The van der Waals surface area contributed by atoms with E-state index in [0.717, 1.165) is 5.56 Å². The largest absolute Gasteiger partial charge is 0.489 e. The van der Waals surface area contributed by atoms with Gasteiger partial charge < -0.3 is 4.74 Å². The third kappa shape index (κ3) is 4.34. The van der Waals surface area contributed by atoms with Gasteiger partial charge in [0.25, 0.3) is 0 Å². The summed E-state index contributed by atoms with van der Waals surface area (Å²) in [7, 11) is 0. The van der Waals surface area contributed by atoms with E-state index in [2.05, 4.69) is 0 Å². The molecule has 124 valence electrons. The van der Waals surface area contributed by atoms with E-state index in [1.807, 2.05) is 30.3 Å². The van der Waals surface area contributed by atoms with Crippen molar-refractivity contribution in [2.24, 2.45) is 0 Å². The first-order valence-corrected chi connectivity index (χ1v) is 8.12. The molecule has 0 aliphatic carbocycles. The molecule has 0 saturated heterocycles. The SMILES string of the molecule is O=C(C(=O)c1cccc(OCc2ccccc2)c1)c1cccc(Cl)c1. The van der Waals surface area contributed by atoms with Crippen LogP contribution in [0.1, 0.15) is 26.3 Å². The van der Waals surface area contributed by atoms with E-state index in [1.165, 1.54) is 6.07 Å². The molecular weight excluding hydrogens is 336 g/mol. The highest BCUT2D eigenvalue weighted by Gasteiger charge is 2.19. The molecule has 0 amide bonds. The fourth-order valence-corrected chi connectivity index (χ4v) is 2.55. The highest BCUT2D eigenvalue weighted by molar-refractivity contribution is 6.49. The smallest absolute Gasteiger partial charge is 0.233 e. The second-order valence-electron chi connectivity index (χ2n) is 5.47. The monoisotopic (exact) mass is 350 g/mol. The summed E-state index contributed by atoms with van der Waals surface area (Å²) in [6.45, 7) is 0.390. The van der Waals surface area contributed by atoms with Crippen LogP contribution in [0.2, 0.25) is 5.02 Å². The van der Waals surface area contributed by atoms with E-state index in [9.17, 15) is 9.59 Å². The zero-order valence-electron chi connectivity index (χ0n) is 13.3. The molecule has 3 aromatic rings. The fraction of sp³-hybridized carbons (Fsp3) is 0.0476. The van der Waals surface area contributed by atoms with E-state index < -0.39 is 11.6 Å². The molecule has 3 rings (SSSR count). The predicted octanol–water partition coefficient (Wildman–Crippen LogP) is 4.98. The van der Waals surface area contributed by atoms with Gasteiger partial charge in [-0.1, -0.05) is 66.2 Å². The summed E-state index contributed by atoms with van der Waals surface area (Å²) in [5, 5.41) is 0.415. The van der Waals surface area contributed by atoms with Gasteiger partial charge in [0.15, 0.2) is 0 Å². The molecular formula is C21H15ClO3. The number of Topliss-reactive ketones (excluding diaryl/α,β-unsaturated/α-hetero) is 2. The van der Waals surface area contributed by atoms with Crippen molar-refractivity contribution in [2.75, 3.05) is 0 Å². The summed E-state index contributed by atoms with van der Waals surface area (Å²) in [4.78, 5) is 24.8. The molecule has 3 nitrogen and oxygen atoms in total. The van der Waals surface area contributed by atoms with Gasteiger partial charge in [0.2, 0.25) is 11.6 Å². The summed E-state index contributed by atoms with van der Waals surface area (Å²) in [5.41, 5.74) is 1.58. The third-order valence-electron chi connectivity index (χ3n) is 3.64. The number of halogens is 1. The third-order valence-corrected chi connectivity index (χ3v) is 3.87. The Kier molecular flexibility index (Phi) is 5.26. The van der Waals surface area contributed by atoms with Crippen molar-refractivity contribution in [1.82, 2.24) is 0 Å². The molecule has 25 heavy (non-hydrogen) atoms. The minimum absolute atomic E-state index is 0.271. The van der Waals surface area contributed by atoms with Crippen molar-refractivity contribution in [3.8, 4) is 5.75 Å². The number of carbonyl (C=O) groups excluding carboxylic acids is 2. The van der Waals surface area contributed by atoms with Gasteiger partial charge in [-0.3, -0.25) is 9.59 Å². The number of hydrogen-bond donors (Lipinski definition) is 0. The lowest BCUT2D eigenvalue weighted by Crippen LogP contribution is -2.14. The minimum Gasteiger partial charge on any atom is -0.489 e. The standard InChI is InChI=1S/C21H15ClO3/c22-18-10-4-8-16(12-18)20(23)21(24)17-9-5-11-19(13-17)25-14-15-6-2-1-3-7-15/h1-13H,14H2. The first-order valence-electron chi connectivity index (χ1n) is 7.75. The van der Waals surface area contributed by atoms with E-state index >= 15 is 0 Å². The van der Waals surface area contributed by atoms with Crippen molar-refractivity contribution in [3.05, 3.63) is 101 Å². The zero-order valence-corrected chi connectivity index (χ0v) is 14.1. The predicted molar refractivity (Wildman–Crippen MR) is 97.3 cm³/mol. The van der Waals surface area contributed by atoms with Gasteiger partial charge in [-0.25, -0.2) is 0 Å². The van der Waals surface area contributed by atoms with Crippen molar-refractivity contribution in [2.45, 2.75) is 6.61 Å². The number of rotatable bonds is 6. The molecule has 0 aliphatic rings. The van der Waals surface area contributed by atoms with Crippen LogP contribution in [-0.4, -0.2) is 11.6 Å². The van der Waals surface area contributed by atoms with Gasteiger partial charge in [0, 0.05) is 16.1 Å². The lowest BCUT2D eigenvalue weighted by Gasteiger charge is -2.08. The lowest BCUT2D eigenvalue weighted by molar-refractivity contribution is 0.0816. The van der Waals surface area contributed by atoms with Crippen LogP contribution in [0.4, 0.5) is 0 Å². The van der Waals surface area contributed by atoms with E-state index in [0.29, 0.717) is 17.4 Å². The average Bonchev–Trinajstić information content (AvgIpc) is 2.66. The maximum Gasteiger partial charge on any atom is 0.233 e. The summed E-state index contributed by atoms with van der Waals surface area (Å²) in [6, 6.07) is 22.7. The first kappa shape index (κ1) is 16.9. The molecule has 0 radical (unpaired) electrons. The Bertz CT molecular complexity index is 904. The van der Waals surface area contributed by atoms with Crippen LogP contribution in [0.25, 0.3) is 0 Å². The molecule has 0 fully saturated rings. The van der Waals surface area contributed by atoms with Crippen LogP contribution in [0.5, 0.6) is 5.75 Å². The second kappa shape index (κ2) is 7.77. The molecule has 0 N–H and O–H groups in total. The van der Waals surface area contributed by atoms with Gasteiger partial charge in [-0.15, -0.1) is 0 Å². The maximum absolute atomic E-state index is 12.4. The first-order chi connectivity index (χ1) is 12.1. The minimum atomic E-state index is -0.595. The molecule has 3 aromatic carbocycles. The Balaban J connectivity index is 1.74. The normalized spacial score (nSPS) is 10.3. The number of carbonyl (C=O) groups is 2. The molecule has 0 unspecified atom stereocenters. The molecule has 0 spiro atoms. The van der Waals surface area contributed by atoms with E-state index in [-0.39, 0.29) is 11.1 Å². The molecule has 4 heteroatoms. The maximum atomic E-state index is 12.4. The second-order valence-corrected chi connectivity index (χ2v) is 5.91. The van der Waals surface area contributed by atoms with Gasteiger partial charge >= 0.3 is 0 Å². The lowest BCUT2D eigenvalue weighted by atomic mass is 10.0. The fourth-order valence-electron chi connectivity index (χ4n) is 2.36. The molecule has 0 saturated carbocycles. The Hall–Kier alpha value is -2.91. The highest BCUT2D eigenvalue weighted by atomic mass is 35.5. The van der Waals surface area contributed by atoms with Gasteiger partial charge in [0.05, 0.1) is 0 Å². The summed E-state index contributed by atoms with van der Waals surface area (Å²) >= 11 is 5.88. The molecule has 0 aliphatic heterocycles. The zero-order chi connectivity index (χ0) is 17.6. The van der Waals surface area contributed by atoms with Crippen molar-refractivity contribution < 1.29 is 14.3 Å². The van der Waals surface area contributed by atoms with E-state index in [1.54, 1.807) is 42.5 Å². The van der Waals surface area contributed by atoms with Crippen LogP contribution in [0.15, 0.2) is 78.9 Å². The topological polar surface area (TPSA) is 43.4 Å². The van der Waals surface area contributed by atoms with Crippen LogP contribution in [-0.2, 0) is 6.61 Å². The van der Waals surface area contributed by atoms with Gasteiger partial charge in [-0.05, 0) is 29.8 Å². The van der Waals surface area contributed by atoms with Crippen molar-refractivity contribution in [3.63, 3.8) is 0 Å². The number of benzene rings is 3. The summed E-state index contributed by atoms with van der Waals surface area (Å²) in [6.07, 6.45) is 0. The summed E-state index contributed by atoms with van der Waals surface area (Å²) < 4.78 is 5.70. The number of ketones is 2. The van der Waals surface area contributed by atoms with Gasteiger partial charge in [-0.2, -0.15) is 0 Å². The molecule has 0 bridgehead atoms. The van der Waals surface area contributed by atoms with Gasteiger partial charge in [0.1, 0.15) is 12.4 Å². The Morgan fingerprint density at radius 3 is 2.08 bits per heavy atom. The van der Waals surface area contributed by atoms with Crippen LogP contribution >= 0.6 is 11.6 Å². The quantitative estimate of drug-likeness (QED) is 0.465.